The number of carbonyl (C=O) groups is 1. The molecule has 0 atom stereocenters. The van der Waals surface area contributed by atoms with Crippen molar-refractivity contribution in [1.82, 2.24) is 4.98 Å². The van der Waals surface area contributed by atoms with Gasteiger partial charge in [-0.1, -0.05) is 0 Å². The van der Waals surface area contributed by atoms with Crippen molar-refractivity contribution < 1.29 is 23.1 Å². The maximum absolute atomic E-state index is 11.9. The molecule has 0 aliphatic carbocycles. The number of hydrogen-bond donors (Lipinski definition) is 1. The summed E-state index contributed by atoms with van der Waals surface area (Å²) >= 11 is 0.904. The van der Waals surface area contributed by atoms with Crippen LogP contribution < -0.4 is 0 Å². The fraction of sp³-hybridized carbons (Fsp3) is 0.500. The Hall–Kier alpha value is -1.11. The zero-order valence-electron chi connectivity index (χ0n) is 7.54. The van der Waals surface area contributed by atoms with E-state index in [-0.39, 0.29) is 17.8 Å². The summed E-state index contributed by atoms with van der Waals surface area (Å²) in [6, 6.07) is 0. The van der Waals surface area contributed by atoms with Crippen LogP contribution in [0.5, 0.6) is 0 Å². The van der Waals surface area contributed by atoms with Crippen molar-refractivity contribution in [2.45, 2.75) is 25.4 Å². The number of aliphatic carboxylic acids is 1. The Bertz CT molecular complexity index is 348. The molecule has 0 bridgehead atoms. The molecule has 7 heteroatoms. The van der Waals surface area contributed by atoms with E-state index >= 15 is 0 Å². The maximum atomic E-state index is 11.9. The smallest absolute Gasteiger partial charge is 0.395 e. The number of aryl methyl sites for hydroxylation is 1. The van der Waals surface area contributed by atoms with Crippen LogP contribution in [-0.4, -0.2) is 22.2 Å². The summed E-state index contributed by atoms with van der Waals surface area (Å²) in [7, 11) is 0. The van der Waals surface area contributed by atoms with Gasteiger partial charge < -0.3 is 5.11 Å². The number of thiazole rings is 1. The van der Waals surface area contributed by atoms with E-state index in [4.69, 9.17) is 5.11 Å². The van der Waals surface area contributed by atoms with Gasteiger partial charge in [-0.2, -0.15) is 13.2 Å². The molecule has 3 nitrogen and oxygen atoms in total. The normalized spacial score (nSPS) is 11.7. The fourth-order valence-electron chi connectivity index (χ4n) is 0.951. The van der Waals surface area contributed by atoms with Crippen molar-refractivity contribution in [3.63, 3.8) is 0 Å². The average Bonchev–Trinajstić information content (AvgIpc) is 2.45. The van der Waals surface area contributed by atoms with Gasteiger partial charge in [0.05, 0.1) is 18.5 Å². The van der Waals surface area contributed by atoms with E-state index < -0.39 is 18.6 Å². The summed E-state index contributed by atoms with van der Waals surface area (Å²) in [5.41, 5.74) is 0.404. The topological polar surface area (TPSA) is 50.2 Å². The summed E-state index contributed by atoms with van der Waals surface area (Å²) in [4.78, 5) is 13.9. The first-order chi connectivity index (χ1) is 6.87. The van der Waals surface area contributed by atoms with Crippen molar-refractivity contribution >= 4 is 17.3 Å². The molecule has 1 heterocycles. The number of aromatic nitrogens is 1. The van der Waals surface area contributed by atoms with Gasteiger partial charge in [0.25, 0.3) is 0 Å². The molecule has 15 heavy (non-hydrogen) atoms. The van der Waals surface area contributed by atoms with E-state index in [0.717, 1.165) is 11.3 Å². The Morgan fingerprint density at radius 2 is 2.20 bits per heavy atom. The Kier molecular flexibility index (Phi) is 3.67. The lowest BCUT2D eigenvalue weighted by atomic mass is 10.2. The summed E-state index contributed by atoms with van der Waals surface area (Å²) in [6.07, 6.45) is -5.26. The molecule has 1 aromatic rings. The van der Waals surface area contributed by atoms with Crippen molar-refractivity contribution in [2.24, 2.45) is 0 Å². The van der Waals surface area contributed by atoms with Crippen LogP contribution in [0.1, 0.15) is 17.1 Å². The van der Waals surface area contributed by atoms with E-state index in [1.54, 1.807) is 0 Å². The Balaban J connectivity index is 2.53. The monoisotopic (exact) mass is 239 g/mol. The van der Waals surface area contributed by atoms with E-state index in [1.807, 2.05) is 0 Å². The predicted molar refractivity (Wildman–Crippen MR) is 47.8 cm³/mol. The molecule has 0 spiro atoms. The van der Waals surface area contributed by atoms with Crippen LogP contribution in [0.15, 0.2) is 5.38 Å². The minimum Gasteiger partial charge on any atom is -0.481 e. The highest BCUT2D eigenvalue weighted by Crippen LogP contribution is 2.23. The zero-order chi connectivity index (χ0) is 11.5. The van der Waals surface area contributed by atoms with Crippen LogP contribution in [0.2, 0.25) is 0 Å². The summed E-state index contributed by atoms with van der Waals surface area (Å²) in [5, 5.41) is 9.80. The molecule has 0 saturated carbocycles. The van der Waals surface area contributed by atoms with Gasteiger partial charge in [-0.15, -0.1) is 11.3 Å². The second kappa shape index (κ2) is 4.61. The van der Waals surface area contributed by atoms with Crippen molar-refractivity contribution in [2.75, 3.05) is 0 Å². The second-order valence-electron chi connectivity index (χ2n) is 2.92. The van der Waals surface area contributed by atoms with Crippen molar-refractivity contribution in [3.05, 3.63) is 16.1 Å². The van der Waals surface area contributed by atoms with Crippen molar-refractivity contribution in [3.8, 4) is 0 Å². The summed E-state index contributed by atoms with van der Waals surface area (Å²) < 4.78 is 35.8. The summed E-state index contributed by atoms with van der Waals surface area (Å²) in [5.74, 6) is -0.986. The quantitative estimate of drug-likeness (QED) is 0.876. The lowest BCUT2D eigenvalue weighted by Gasteiger charge is -2.01. The van der Waals surface area contributed by atoms with Gasteiger partial charge in [0.1, 0.15) is 5.01 Å². The van der Waals surface area contributed by atoms with Gasteiger partial charge in [0.2, 0.25) is 0 Å². The number of hydrogen-bond acceptors (Lipinski definition) is 3. The molecule has 84 valence electrons. The number of rotatable bonds is 4. The summed E-state index contributed by atoms with van der Waals surface area (Å²) in [6.45, 7) is 0. The van der Waals surface area contributed by atoms with Crippen LogP contribution in [0, 0.1) is 0 Å². The average molecular weight is 239 g/mol. The molecule has 0 saturated heterocycles. The van der Waals surface area contributed by atoms with Gasteiger partial charge >= 0.3 is 12.1 Å². The van der Waals surface area contributed by atoms with Gasteiger partial charge in [-0.25, -0.2) is 4.98 Å². The fourth-order valence-corrected chi connectivity index (χ4v) is 1.81. The first-order valence-corrected chi connectivity index (χ1v) is 4.96. The first kappa shape index (κ1) is 12.0. The molecule has 1 rings (SSSR count). The highest BCUT2D eigenvalue weighted by molar-refractivity contribution is 7.09. The number of carboxylic acids is 1. The molecule has 0 fully saturated rings. The Morgan fingerprint density at radius 3 is 2.73 bits per heavy atom. The molecule has 0 radical (unpaired) electrons. The van der Waals surface area contributed by atoms with E-state index in [0.29, 0.717) is 5.69 Å². The lowest BCUT2D eigenvalue weighted by Crippen LogP contribution is -2.11. The van der Waals surface area contributed by atoms with Gasteiger partial charge in [-0.05, 0) is 0 Å². The van der Waals surface area contributed by atoms with Crippen LogP contribution in [0.4, 0.5) is 13.2 Å². The van der Waals surface area contributed by atoms with Gasteiger partial charge in [0, 0.05) is 11.8 Å². The Morgan fingerprint density at radius 1 is 1.53 bits per heavy atom. The number of nitrogens with zero attached hydrogens (tertiary/aromatic N) is 1. The third kappa shape index (κ3) is 4.78. The number of halogens is 3. The Labute approximate surface area is 87.6 Å². The lowest BCUT2D eigenvalue weighted by molar-refractivity contribution is -0.137. The van der Waals surface area contributed by atoms with E-state index in [9.17, 15) is 18.0 Å². The van der Waals surface area contributed by atoms with Crippen LogP contribution in [0.3, 0.4) is 0 Å². The zero-order valence-corrected chi connectivity index (χ0v) is 8.36. The van der Waals surface area contributed by atoms with Gasteiger partial charge in [0.15, 0.2) is 0 Å². The van der Waals surface area contributed by atoms with Gasteiger partial charge in [-0.3, -0.25) is 4.79 Å². The predicted octanol–water partition coefficient (Wildman–Crippen LogP) is 2.27. The number of alkyl halides is 3. The maximum Gasteiger partial charge on any atom is 0.395 e. The largest absolute Gasteiger partial charge is 0.481 e. The molecule has 0 unspecified atom stereocenters. The minimum atomic E-state index is -4.26. The molecule has 1 aromatic heterocycles. The molecule has 0 aliphatic rings. The molecular weight excluding hydrogens is 231 g/mol. The van der Waals surface area contributed by atoms with E-state index in [1.165, 1.54) is 5.38 Å². The molecule has 0 amide bonds. The third-order valence-corrected chi connectivity index (χ3v) is 2.44. The highest BCUT2D eigenvalue weighted by Gasteiger charge is 2.29. The second-order valence-corrected chi connectivity index (χ2v) is 3.86. The standard InChI is InChI=1S/C8H8F3NO2S/c9-8(10,11)3-6-12-5(4-15-6)1-2-7(13)14/h4H,1-3H2,(H,13,14). The van der Waals surface area contributed by atoms with Crippen molar-refractivity contribution in [1.29, 1.82) is 0 Å². The SMILES string of the molecule is O=C(O)CCc1csc(CC(F)(F)F)n1. The van der Waals surface area contributed by atoms with Crippen LogP contribution in [0.25, 0.3) is 0 Å². The van der Waals surface area contributed by atoms with Crippen LogP contribution >= 0.6 is 11.3 Å². The van der Waals surface area contributed by atoms with Crippen LogP contribution in [-0.2, 0) is 17.6 Å². The minimum absolute atomic E-state index is 0.0251. The number of carboxylic acid groups (broad SMARTS) is 1. The molecule has 1 N–H and O–H groups in total. The molecule has 0 aliphatic heterocycles. The molecule has 0 aromatic carbocycles. The molecular formula is C8H8F3NO2S. The van der Waals surface area contributed by atoms with E-state index in [2.05, 4.69) is 4.98 Å². The highest BCUT2D eigenvalue weighted by atomic mass is 32.1. The first-order valence-electron chi connectivity index (χ1n) is 4.08. The third-order valence-electron chi connectivity index (χ3n) is 1.55.